The third kappa shape index (κ3) is 5.07. The summed E-state index contributed by atoms with van der Waals surface area (Å²) in [5, 5.41) is 13.2. The van der Waals surface area contributed by atoms with E-state index in [1.807, 2.05) is 12.1 Å². The van der Waals surface area contributed by atoms with Crippen molar-refractivity contribution < 1.29 is 23.9 Å². The van der Waals surface area contributed by atoms with E-state index in [9.17, 15) is 4.79 Å². The molecule has 9 heteroatoms. The lowest BCUT2D eigenvalue weighted by molar-refractivity contribution is 0.0697. The van der Waals surface area contributed by atoms with Crippen LogP contribution in [-0.2, 0) is 11.3 Å². The van der Waals surface area contributed by atoms with Crippen LogP contribution in [0.5, 0.6) is 5.75 Å². The number of methoxy groups -OCH3 is 1. The number of carbonyl (C=O) groups is 1. The molecule has 0 saturated carbocycles. The van der Waals surface area contributed by atoms with Gasteiger partial charge in [-0.15, -0.1) is 0 Å². The van der Waals surface area contributed by atoms with Crippen molar-refractivity contribution in [3.8, 4) is 17.3 Å². The van der Waals surface area contributed by atoms with Gasteiger partial charge in [0.25, 0.3) is 0 Å². The average molecular weight is 424 g/mol. The minimum Gasteiger partial charge on any atom is -0.491 e. The minimum absolute atomic E-state index is 0.0153. The fraction of sp³-hybridized carbons (Fsp3) is 0.364. The SMILES string of the molecule is COCCOc1ccnc(-c2noc([C@H]3CCCN3Cc3ccc(C(=O)O)cc3)n2)c1. The molecule has 1 fully saturated rings. The lowest BCUT2D eigenvalue weighted by Gasteiger charge is -2.21. The summed E-state index contributed by atoms with van der Waals surface area (Å²) in [6, 6.07) is 10.5. The van der Waals surface area contributed by atoms with Crippen LogP contribution in [0, 0.1) is 0 Å². The number of likely N-dealkylation sites (tertiary alicyclic amines) is 1. The molecule has 1 atom stereocenters. The van der Waals surface area contributed by atoms with Gasteiger partial charge in [-0.3, -0.25) is 9.88 Å². The standard InChI is InChI=1S/C22H24N4O5/c1-29-11-12-30-17-8-9-23-18(13-17)20-24-21(31-25-20)19-3-2-10-26(19)14-15-4-6-16(7-5-15)22(27)28/h4-9,13,19H,2-3,10-12,14H2,1H3,(H,27,28)/t19-/m1/s1. The van der Waals surface area contributed by atoms with Crippen molar-refractivity contribution in [1.82, 2.24) is 20.0 Å². The van der Waals surface area contributed by atoms with Crippen LogP contribution in [0.15, 0.2) is 47.1 Å². The fourth-order valence-corrected chi connectivity index (χ4v) is 3.62. The third-order valence-corrected chi connectivity index (χ3v) is 5.19. The zero-order valence-electron chi connectivity index (χ0n) is 17.2. The van der Waals surface area contributed by atoms with Crippen molar-refractivity contribution in [2.75, 3.05) is 26.9 Å². The second kappa shape index (κ2) is 9.67. The molecule has 162 valence electrons. The number of ether oxygens (including phenoxy) is 2. The topological polar surface area (TPSA) is 111 Å². The maximum atomic E-state index is 11.0. The molecule has 4 rings (SSSR count). The first-order valence-corrected chi connectivity index (χ1v) is 10.1. The first-order valence-electron chi connectivity index (χ1n) is 10.1. The van der Waals surface area contributed by atoms with Gasteiger partial charge in [-0.1, -0.05) is 17.3 Å². The Morgan fingerprint density at radius 2 is 2.10 bits per heavy atom. The van der Waals surface area contributed by atoms with Crippen LogP contribution < -0.4 is 4.74 Å². The van der Waals surface area contributed by atoms with E-state index in [2.05, 4.69) is 20.0 Å². The van der Waals surface area contributed by atoms with Gasteiger partial charge >= 0.3 is 5.97 Å². The number of aromatic carboxylic acids is 1. The summed E-state index contributed by atoms with van der Waals surface area (Å²) < 4.78 is 16.2. The quantitative estimate of drug-likeness (QED) is 0.518. The van der Waals surface area contributed by atoms with Gasteiger partial charge in [0.05, 0.1) is 18.2 Å². The number of pyridine rings is 1. The predicted molar refractivity (Wildman–Crippen MR) is 111 cm³/mol. The summed E-state index contributed by atoms with van der Waals surface area (Å²) in [7, 11) is 1.62. The molecule has 3 heterocycles. The largest absolute Gasteiger partial charge is 0.491 e. The Kier molecular flexibility index (Phi) is 6.54. The number of hydrogen-bond donors (Lipinski definition) is 1. The molecule has 0 aliphatic carbocycles. The van der Waals surface area contributed by atoms with Crippen LogP contribution in [0.4, 0.5) is 0 Å². The summed E-state index contributed by atoms with van der Waals surface area (Å²) in [6.45, 7) is 2.54. The Bertz CT molecular complexity index is 1020. The van der Waals surface area contributed by atoms with E-state index in [1.54, 1.807) is 37.6 Å². The van der Waals surface area contributed by atoms with Crippen LogP contribution in [0.25, 0.3) is 11.5 Å². The molecule has 1 aliphatic heterocycles. The number of carboxylic acids is 1. The fourth-order valence-electron chi connectivity index (χ4n) is 3.62. The summed E-state index contributed by atoms with van der Waals surface area (Å²) in [6.07, 6.45) is 3.59. The molecule has 1 saturated heterocycles. The number of rotatable bonds is 9. The van der Waals surface area contributed by atoms with Gasteiger partial charge in [0.1, 0.15) is 18.1 Å². The highest BCUT2D eigenvalue weighted by molar-refractivity contribution is 5.87. The second-order valence-corrected chi connectivity index (χ2v) is 7.30. The Morgan fingerprint density at radius 3 is 2.87 bits per heavy atom. The van der Waals surface area contributed by atoms with Gasteiger partial charge in [-0.05, 0) is 43.1 Å². The molecule has 9 nitrogen and oxygen atoms in total. The number of carboxylic acid groups (broad SMARTS) is 1. The lowest BCUT2D eigenvalue weighted by Crippen LogP contribution is -2.23. The highest BCUT2D eigenvalue weighted by atomic mass is 16.5. The number of benzene rings is 1. The van der Waals surface area contributed by atoms with E-state index in [-0.39, 0.29) is 11.6 Å². The molecule has 0 spiro atoms. The minimum atomic E-state index is -0.925. The molecule has 1 aliphatic rings. The monoisotopic (exact) mass is 424 g/mol. The van der Waals surface area contributed by atoms with Crippen molar-refractivity contribution in [2.24, 2.45) is 0 Å². The zero-order valence-corrected chi connectivity index (χ0v) is 17.2. The van der Waals surface area contributed by atoms with Gasteiger partial charge in [-0.25, -0.2) is 4.79 Å². The highest BCUT2D eigenvalue weighted by Crippen LogP contribution is 2.33. The van der Waals surface area contributed by atoms with Gasteiger partial charge in [0.15, 0.2) is 0 Å². The predicted octanol–water partition coefficient (Wildman–Crippen LogP) is 3.19. The van der Waals surface area contributed by atoms with E-state index in [0.717, 1.165) is 24.9 Å². The van der Waals surface area contributed by atoms with E-state index >= 15 is 0 Å². The van der Waals surface area contributed by atoms with Crippen molar-refractivity contribution >= 4 is 5.97 Å². The third-order valence-electron chi connectivity index (χ3n) is 5.19. The number of aromatic nitrogens is 3. The maximum absolute atomic E-state index is 11.0. The first kappa shape index (κ1) is 21.0. The van der Waals surface area contributed by atoms with E-state index < -0.39 is 5.97 Å². The van der Waals surface area contributed by atoms with Crippen molar-refractivity contribution in [1.29, 1.82) is 0 Å². The van der Waals surface area contributed by atoms with Crippen molar-refractivity contribution in [3.63, 3.8) is 0 Å². The molecule has 0 bridgehead atoms. The van der Waals surface area contributed by atoms with Crippen molar-refractivity contribution in [2.45, 2.75) is 25.4 Å². The Hall–Kier alpha value is -3.30. The number of hydrogen-bond acceptors (Lipinski definition) is 8. The molecule has 31 heavy (non-hydrogen) atoms. The maximum Gasteiger partial charge on any atom is 0.335 e. The van der Waals surface area contributed by atoms with Crippen LogP contribution in [0.2, 0.25) is 0 Å². The molecular formula is C22H24N4O5. The Labute approximate surface area is 179 Å². The van der Waals surface area contributed by atoms with E-state index in [4.69, 9.17) is 19.1 Å². The summed E-state index contributed by atoms with van der Waals surface area (Å²) in [5.41, 5.74) is 1.90. The van der Waals surface area contributed by atoms with Crippen LogP contribution in [0.1, 0.15) is 40.7 Å². The molecule has 2 aromatic heterocycles. The van der Waals surface area contributed by atoms with Crippen LogP contribution in [-0.4, -0.2) is 58.0 Å². The molecule has 1 aromatic carbocycles. The summed E-state index contributed by atoms with van der Waals surface area (Å²) in [5.74, 6) is 0.721. The van der Waals surface area contributed by atoms with Crippen LogP contribution >= 0.6 is 0 Å². The molecule has 0 radical (unpaired) electrons. The van der Waals surface area contributed by atoms with E-state index in [0.29, 0.717) is 42.9 Å². The van der Waals surface area contributed by atoms with Gasteiger partial charge in [0, 0.05) is 25.9 Å². The molecule has 0 unspecified atom stereocenters. The molecule has 3 aromatic rings. The van der Waals surface area contributed by atoms with Crippen molar-refractivity contribution in [3.05, 3.63) is 59.6 Å². The summed E-state index contributed by atoms with van der Waals surface area (Å²) in [4.78, 5) is 22.2. The Balaban J connectivity index is 1.45. The van der Waals surface area contributed by atoms with Gasteiger partial charge in [0.2, 0.25) is 11.7 Å². The lowest BCUT2D eigenvalue weighted by atomic mass is 10.1. The average Bonchev–Trinajstić information content (AvgIpc) is 3.44. The first-order chi connectivity index (χ1) is 15.1. The van der Waals surface area contributed by atoms with Crippen LogP contribution in [0.3, 0.4) is 0 Å². The van der Waals surface area contributed by atoms with Gasteiger partial charge < -0.3 is 19.1 Å². The summed E-state index contributed by atoms with van der Waals surface area (Å²) >= 11 is 0. The highest BCUT2D eigenvalue weighted by Gasteiger charge is 2.31. The smallest absolute Gasteiger partial charge is 0.335 e. The zero-order chi connectivity index (χ0) is 21.6. The molecule has 0 amide bonds. The normalized spacial score (nSPS) is 16.5. The van der Waals surface area contributed by atoms with Gasteiger partial charge in [-0.2, -0.15) is 4.98 Å². The molecular weight excluding hydrogens is 400 g/mol. The second-order valence-electron chi connectivity index (χ2n) is 7.30. The van der Waals surface area contributed by atoms with E-state index in [1.165, 1.54) is 0 Å². The Morgan fingerprint density at radius 1 is 1.26 bits per heavy atom. The number of nitrogens with zero attached hydrogens (tertiary/aromatic N) is 4. The molecule has 1 N–H and O–H groups in total.